The van der Waals surface area contributed by atoms with Gasteiger partial charge in [0.05, 0.1) is 6.54 Å². The summed E-state index contributed by atoms with van der Waals surface area (Å²) in [4.78, 5) is 43.3. The summed E-state index contributed by atoms with van der Waals surface area (Å²) < 4.78 is 0. The van der Waals surface area contributed by atoms with Crippen molar-refractivity contribution < 1.29 is 14.4 Å². The van der Waals surface area contributed by atoms with Crippen LogP contribution in [-0.2, 0) is 16.1 Å². The van der Waals surface area contributed by atoms with Crippen molar-refractivity contribution in [2.75, 3.05) is 26.2 Å². The standard InChI is InChI=1S/C18H25N5O3/c19-17(26)21-10-16(25)22-8-2-5-18(12-22)6-4-15(24)23(13-18)11-14-3-1-7-20-9-14/h1,3,7,9H,2,4-6,8,10-13H2,(H3,19,21,26)/t18-/m1/s1. The van der Waals surface area contributed by atoms with Crippen molar-refractivity contribution >= 4 is 17.8 Å². The molecule has 1 spiro atoms. The molecule has 1 aromatic rings. The molecule has 2 saturated heterocycles. The van der Waals surface area contributed by atoms with E-state index in [0.717, 1.165) is 24.8 Å². The van der Waals surface area contributed by atoms with Crippen molar-refractivity contribution in [2.24, 2.45) is 11.1 Å². The molecule has 2 fully saturated rings. The molecule has 0 aromatic carbocycles. The van der Waals surface area contributed by atoms with E-state index in [1.54, 1.807) is 17.3 Å². The number of nitrogens with two attached hydrogens (primary N) is 1. The minimum atomic E-state index is -0.698. The molecule has 0 radical (unpaired) electrons. The van der Waals surface area contributed by atoms with Crippen molar-refractivity contribution in [1.29, 1.82) is 0 Å². The van der Waals surface area contributed by atoms with Crippen LogP contribution in [0.3, 0.4) is 0 Å². The fourth-order valence-electron chi connectivity index (χ4n) is 3.99. The van der Waals surface area contributed by atoms with E-state index >= 15 is 0 Å². The van der Waals surface area contributed by atoms with Crippen molar-refractivity contribution in [3.63, 3.8) is 0 Å². The van der Waals surface area contributed by atoms with Crippen LogP contribution in [0.25, 0.3) is 0 Å². The first-order valence-electron chi connectivity index (χ1n) is 8.95. The smallest absolute Gasteiger partial charge is 0.312 e. The summed E-state index contributed by atoms with van der Waals surface area (Å²) in [6.07, 6.45) is 6.69. The first-order chi connectivity index (χ1) is 12.5. The van der Waals surface area contributed by atoms with Crippen LogP contribution in [0.4, 0.5) is 4.79 Å². The SMILES string of the molecule is NC(=O)NCC(=O)N1CCC[C@@]2(CCC(=O)N(Cc3cccnc3)C2)C1. The number of primary amides is 1. The Kier molecular flexibility index (Phi) is 5.39. The van der Waals surface area contributed by atoms with E-state index in [-0.39, 0.29) is 23.8 Å². The van der Waals surface area contributed by atoms with Crippen LogP contribution in [0.5, 0.6) is 0 Å². The summed E-state index contributed by atoms with van der Waals surface area (Å²) in [6.45, 7) is 2.41. The van der Waals surface area contributed by atoms with Gasteiger partial charge in [-0.25, -0.2) is 4.79 Å². The number of likely N-dealkylation sites (tertiary alicyclic amines) is 2. The molecule has 3 heterocycles. The third-order valence-corrected chi connectivity index (χ3v) is 5.27. The van der Waals surface area contributed by atoms with E-state index in [4.69, 9.17) is 5.73 Å². The molecule has 0 aliphatic carbocycles. The maximum absolute atomic E-state index is 12.4. The predicted molar refractivity (Wildman–Crippen MR) is 94.7 cm³/mol. The van der Waals surface area contributed by atoms with E-state index in [1.165, 1.54) is 0 Å². The van der Waals surface area contributed by atoms with Gasteiger partial charge >= 0.3 is 6.03 Å². The molecule has 0 unspecified atom stereocenters. The lowest BCUT2D eigenvalue weighted by atomic mass is 9.73. The molecule has 3 rings (SSSR count). The number of hydrogen-bond acceptors (Lipinski definition) is 4. The predicted octanol–water partition coefficient (Wildman–Crippen LogP) is 0.481. The molecular weight excluding hydrogens is 334 g/mol. The highest BCUT2D eigenvalue weighted by Crippen LogP contribution is 2.39. The molecule has 2 aliphatic rings. The third-order valence-electron chi connectivity index (χ3n) is 5.27. The van der Waals surface area contributed by atoms with Gasteiger partial charge in [-0.1, -0.05) is 6.07 Å². The number of carbonyl (C=O) groups excluding carboxylic acids is 3. The zero-order chi connectivity index (χ0) is 18.6. The van der Waals surface area contributed by atoms with Gasteiger partial charge in [0.1, 0.15) is 0 Å². The van der Waals surface area contributed by atoms with E-state index in [2.05, 4.69) is 10.3 Å². The number of piperidine rings is 2. The van der Waals surface area contributed by atoms with Crippen LogP contribution in [0.2, 0.25) is 0 Å². The molecule has 0 saturated carbocycles. The molecule has 1 atom stereocenters. The van der Waals surface area contributed by atoms with Gasteiger partial charge in [-0.2, -0.15) is 0 Å². The zero-order valence-electron chi connectivity index (χ0n) is 14.8. The third kappa shape index (κ3) is 4.30. The number of nitrogens with zero attached hydrogens (tertiary/aromatic N) is 3. The Morgan fingerprint density at radius 3 is 2.88 bits per heavy atom. The van der Waals surface area contributed by atoms with E-state index in [9.17, 15) is 14.4 Å². The molecule has 1 aromatic heterocycles. The van der Waals surface area contributed by atoms with Gasteiger partial charge in [0.25, 0.3) is 0 Å². The summed E-state index contributed by atoms with van der Waals surface area (Å²) in [7, 11) is 0. The largest absolute Gasteiger partial charge is 0.352 e. The van der Waals surface area contributed by atoms with Crippen LogP contribution in [0.1, 0.15) is 31.2 Å². The lowest BCUT2D eigenvalue weighted by Gasteiger charge is -2.48. The van der Waals surface area contributed by atoms with Gasteiger partial charge in [0.15, 0.2) is 0 Å². The number of hydrogen-bond donors (Lipinski definition) is 2. The summed E-state index contributed by atoms with van der Waals surface area (Å²) in [5.41, 5.74) is 5.98. The average Bonchev–Trinajstić information content (AvgIpc) is 2.64. The highest BCUT2D eigenvalue weighted by molar-refractivity contribution is 5.83. The van der Waals surface area contributed by atoms with Gasteiger partial charge in [-0.3, -0.25) is 14.6 Å². The van der Waals surface area contributed by atoms with E-state index in [0.29, 0.717) is 32.6 Å². The fourth-order valence-corrected chi connectivity index (χ4v) is 3.99. The highest BCUT2D eigenvalue weighted by Gasteiger charge is 2.42. The Labute approximate surface area is 152 Å². The number of amides is 4. The zero-order valence-corrected chi connectivity index (χ0v) is 14.8. The number of rotatable bonds is 4. The van der Waals surface area contributed by atoms with Crippen molar-refractivity contribution in [1.82, 2.24) is 20.1 Å². The first kappa shape index (κ1) is 18.2. The fraction of sp³-hybridized carbons (Fsp3) is 0.556. The Bertz CT molecular complexity index is 681. The molecule has 4 amide bonds. The van der Waals surface area contributed by atoms with Gasteiger partial charge in [-0.15, -0.1) is 0 Å². The van der Waals surface area contributed by atoms with Gasteiger partial charge in [-0.05, 0) is 30.9 Å². The molecule has 8 nitrogen and oxygen atoms in total. The molecule has 0 bridgehead atoms. The molecule has 140 valence electrons. The van der Waals surface area contributed by atoms with Crippen molar-refractivity contribution in [3.8, 4) is 0 Å². The minimum Gasteiger partial charge on any atom is -0.352 e. The lowest BCUT2D eigenvalue weighted by Crippen LogP contribution is -2.56. The Morgan fingerprint density at radius 1 is 1.31 bits per heavy atom. The topological polar surface area (TPSA) is 109 Å². The van der Waals surface area contributed by atoms with Crippen molar-refractivity contribution in [2.45, 2.75) is 32.2 Å². The number of nitrogens with one attached hydrogen (secondary N) is 1. The van der Waals surface area contributed by atoms with Crippen LogP contribution in [0, 0.1) is 5.41 Å². The highest BCUT2D eigenvalue weighted by atomic mass is 16.2. The van der Waals surface area contributed by atoms with Crippen LogP contribution >= 0.6 is 0 Å². The van der Waals surface area contributed by atoms with Crippen LogP contribution in [-0.4, -0.2) is 58.8 Å². The summed E-state index contributed by atoms with van der Waals surface area (Å²) in [5.74, 6) is 0.0249. The normalized spacial score (nSPS) is 23.2. The number of aromatic nitrogens is 1. The Hall–Kier alpha value is -2.64. The van der Waals surface area contributed by atoms with Gasteiger partial charge in [0.2, 0.25) is 11.8 Å². The van der Waals surface area contributed by atoms with E-state index < -0.39 is 6.03 Å². The number of urea groups is 1. The van der Waals surface area contributed by atoms with Gasteiger partial charge in [0, 0.05) is 50.4 Å². The second kappa shape index (κ2) is 7.72. The lowest BCUT2D eigenvalue weighted by molar-refractivity contribution is -0.143. The maximum atomic E-state index is 12.4. The van der Waals surface area contributed by atoms with Crippen LogP contribution in [0.15, 0.2) is 24.5 Å². The molecular formula is C18H25N5O3. The first-order valence-corrected chi connectivity index (χ1v) is 8.95. The molecule has 2 aliphatic heterocycles. The van der Waals surface area contributed by atoms with Crippen LogP contribution < -0.4 is 11.1 Å². The quantitative estimate of drug-likeness (QED) is 0.815. The minimum absolute atomic E-state index is 0.0727. The van der Waals surface area contributed by atoms with Gasteiger partial charge < -0.3 is 20.9 Å². The average molecular weight is 359 g/mol. The second-order valence-corrected chi connectivity index (χ2v) is 7.25. The number of carbonyl (C=O) groups is 3. The number of pyridine rings is 1. The van der Waals surface area contributed by atoms with E-state index in [1.807, 2.05) is 17.0 Å². The molecule has 8 heteroatoms. The Balaban J connectivity index is 1.65. The summed E-state index contributed by atoms with van der Waals surface area (Å²) in [6, 6.07) is 3.14. The molecule has 3 N–H and O–H groups in total. The monoisotopic (exact) mass is 359 g/mol. The Morgan fingerprint density at radius 2 is 2.15 bits per heavy atom. The van der Waals surface area contributed by atoms with Crippen molar-refractivity contribution in [3.05, 3.63) is 30.1 Å². The summed E-state index contributed by atoms with van der Waals surface area (Å²) in [5, 5.41) is 2.36. The summed E-state index contributed by atoms with van der Waals surface area (Å²) >= 11 is 0. The second-order valence-electron chi connectivity index (χ2n) is 7.25. The molecule has 26 heavy (non-hydrogen) atoms. The maximum Gasteiger partial charge on any atom is 0.312 e.